The van der Waals surface area contributed by atoms with Gasteiger partial charge in [0.05, 0.1) is 30.0 Å². The lowest BCUT2D eigenvalue weighted by molar-refractivity contribution is -0.134. The molecule has 7 heteroatoms. The Morgan fingerprint density at radius 3 is 2.12 bits per heavy atom. The maximum Gasteiger partial charge on any atom is 0.255 e. The minimum Gasteiger partial charge on any atom is -0.497 e. The molecule has 3 aromatic carbocycles. The third-order valence-electron chi connectivity index (χ3n) is 7.74. The molecular formula is C33H34FN3O3. The van der Waals surface area contributed by atoms with Crippen molar-refractivity contribution in [3.8, 4) is 22.7 Å². The van der Waals surface area contributed by atoms with Crippen molar-refractivity contribution < 1.29 is 18.7 Å². The van der Waals surface area contributed by atoms with Crippen LogP contribution < -0.4 is 4.74 Å². The molecule has 0 bridgehead atoms. The number of carbonyl (C=O) groups is 2. The van der Waals surface area contributed by atoms with Crippen LogP contribution in [-0.4, -0.2) is 59.5 Å². The molecule has 1 atom stereocenters. The van der Waals surface area contributed by atoms with Crippen molar-refractivity contribution in [2.24, 2.45) is 0 Å². The average molecular weight is 540 g/mol. The van der Waals surface area contributed by atoms with Gasteiger partial charge in [-0.2, -0.15) is 0 Å². The Kier molecular flexibility index (Phi) is 8.01. The van der Waals surface area contributed by atoms with E-state index in [9.17, 15) is 14.0 Å². The van der Waals surface area contributed by atoms with Crippen LogP contribution in [0.25, 0.3) is 16.9 Å². The van der Waals surface area contributed by atoms with Gasteiger partial charge in [0, 0.05) is 31.9 Å². The lowest BCUT2D eigenvalue weighted by Crippen LogP contribution is -2.51. The van der Waals surface area contributed by atoms with Crippen molar-refractivity contribution in [1.29, 1.82) is 0 Å². The molecule has 0 N–H and O–H groups in total. The summed E-state index contributed by atoms with van der Waals surface area (Å²) in [6.45, 7) is 5.71. The van der Waals surface area contributed by atoms with Crippen molar-refractivity contribution in [2.45, 2.75) is 26.2 Å². The molecule has 0 radical (unpaired) electrons. The van der Waals surface area contributed by atoms with Gasteiger partial charge in [0.1, 0.15) is 11.6 Å². The summed E-state index contributed by atoms with van der Waals surface area (Å²) in [5.74, 6) is 0.137. The number of hydrogen-bond donors (Lipinski definition) is 0. The molecule has 2 heterocycles. The Morgan fingerprint density at radius 1 is 0.875 bits per heavy atom. The summed E-state index contributed by atoms with van der Waals surface area (Å²) in [6, 6.07) is 25.8. The molecule has 1 aliphatic rings. The van der Waals surface area contributed by atoms with Crippen LogP contribution in [0.5, 0.6) is 5.75 Å². The van der Waals surface area contributed by atoms with E-state index in [0.717, 1.165) is 23.2 Å². The van der Waals surface area contributed by atoms with Gasteiger partial charge in [0.2, 0.25) is 5.91 Å². The number of halogens is 1. The van der Waals surface area contributed by atoms with E-state index < -0.39 is 0 Å². The monoisotopic (exact) mass is 539 g/mol. The summed E-state index contributed by atoms with van der Waals surface area (Å²) in [7, 11) is 1.61. The molecule has 5 rings (SSSR count). The summed E-state index contributed by atoms with van der Waals surface area (Å²) < 4.78 is 22.1. The minimum atomic E-state index is -0.369. The number of benzene rings is 3. The number of aromatic nitrogens is 1. The number of amides is 2. The van der Waals surface area contributed by atoms with E-state index in [1.807, 2.05) is 79.4 Å². The quantitative estimate of drug-likeness (QED) is 0.286. The zero-order chi connectivity index (χ0) is 28.2. The van der Waals surface area contributed by atoms with Crippen LogP contribution in [0.4, 0.5) is 4.39 Å². The molecule has 1 aliphatic heterocycles. The fraction of sp³-hybridized carbons (Fsp3) is 0.273. The van der Waals surface area contributed by atoms with Crippen LogP contribution in [0.15, 0.2) is 84.9 Å². The minimum absolute atomic E-state index is 0.101. The standard InChI is InChI=1S/C33H34FN3O3/c1-4-27(24-10-6-5-7-11-24)32(38)35-18-20-36(21-19-35)33(39)28-22-31(25-14-16-26(40-3)17-15-25)37(23(28)2)30-13-9-8-12-29(30)34/h5-17,22,27H,4,18-21H2,1-3H3. The molecule has 0 spiro atoms. The van der Waals surface area contributed by atoms with E-state index in [-0.39, 0.29) is 23.5 Å². The van der Waals surface area contributed by atoms with Crippen molar-refractivity contribution in [1.82, 2.24) is 14.4 Å². The SMILES string of the molecule is CCC(C(=O)N1CCN(C(=O)c2cc(-c3ccc(OC)cc3)n(-c3ccccc3F)c2C)CC1)c1ccccc1. The number of methoxy groups -OCH3 is 1. The van der Waals surface area contributed by atoms with Crippen LogP contribution in [0.3, 0.4) is 0 Å². The summed E-state index contributed by atoms with van der Waals surface area (Å²) in [4.78, 5) is 30.8. The van der Waals surface area contributed by atoms with E-state index in [0.29, 0.717) is 48.9 Å². The third kappa shape index (κ3) is 5.24. The molecular weight excluding hydrogens is 505 g/mol. The van der Waals surface area contributed by atoms with Gasteiger partial charge in [0.15, 0.2) is 0 Å². The highest BCUT2D eigenvalue weighted by atomic mass is 19.1. The number of nitrogens with zero attached hydrogens (tertiary/aromatic N) is 3. The highest BCUT2D eigenvalue weighted by Crippen LogP contribution is 2.32. The second-order valence-corrected chi connectivity index (χ2v) is 10.0. The van der Waals surface area contributed by atoms with Crippen LogP contribution in [0.2, 0.25) is 0 Å². The number of ether oxygens (including phenoxy) is 1. The van der Waals surface area contributed by atoms with Gasteiger partial charge in [-0.1, -0.05) is 49.4 Å². The van der Waals surface area contributed by atoms with Gasteiger partial charge in [-0.15, -0.1) is 0 Å². The van der Waals surface area contributed by atoms with E-state index in [1.165, 1.54) is 6.07 Å². The molecule has 0 aliphatic carbocycles. The second kappa shape index (κ2) is 11.8. The molecule has 40 heavy (non-hydrogen) atoms. The number of carbonyl (C=O) groups excluding carboxylic acids is 2. The number of hydrogen-bond acceptors (Lipinski definition) is 3. The van der Waals surface area contributed by atoms with Crippen LogP contribution in [-0.2, 0) is 4.79 Å². The highest BCUT2D eigenvalue weighted by Gasteiger charge is 2.31. The van der Waals surface area contributed by atoms with E-state index in [1.54, 1.807) is 34.8 Å². The van der Waals surface area contributed by atoms with Crippen LogP contribution in [0, 0.1) is 12.7 Å². The average Bonchev–Trinajstić information content (AvgIpc) is 3.34. The topological polar surface area (TPSA) is 54.8 Å². The van der Waals surface area contributed by atoms with E-state index >= 15 is 0 Å². The molecule has 1 unspecified atom stereocenters. The number of para-hydroxylation sites is 1. The van der Waals surface area contributed by atoms with E-state index in [2.05, 4.69) is 0 Å². The zero-order valence-corrected chi connectivity index (χ0v) is 23.1. The van der Waals surface area contributed by atoms with E-state index in [4.69, 9.17) is 4.74 Å². The van der Waals surface area contributed by atoms with Crippen LogP contribution in [0.1, 0.15) is 40.9 Å². The molecule has 4 aromatic rings. The van der Waals surface area contributed by atoms with Gasteiger partial charge in [-0.05, 0) is 66.9 Å². The number of rotatable bonds is 7. The van der Waals surface area contributed by atoms with Crippen molar-refractivity contribution in [2.75, 3.05) is 33.3 Å². The molecule has 6 nitrogen and oxygen atoms in total. The van der Waals surface area contributed by atoms with Gasteiger partial charge >= 0.3 is 0 Å². The van der Waals surface area contributed by atoms with Gasteiger partial charge < -0.3 is 19.1 Å². The first-order valence-electron chi connectivity index (χ1n) is 13.7. The largest absolute Gasteiger partial charge is 0.497 e. The molecule has 1 saturated heterocycles. The maximum atomic E-state index is 15.0. The molecule has 2 amide bonds. The lowest BCUT2D eigenvalue weighted by atomic mass is 9.95. The summed E-state index contributed by atoms with van der Waals surface area (Å²) in [6.07, 6.45) is 0.721. The van der Waals surface area contributed by atoms with Gasteiger partial charge in [-0.25, -0.2) is 4.39 Å². The third-order valence-corrected chi connectivity index (χ3v) is 7.74. The fourth-order valence-corrected chi connectivity index (χ4v) is 5.50. The fourth-order valence-electron chi connectivity index (χ4n) is 5.50. The smallest absolute Gasteiger partial charge is 0.255 e. The van der Waals surface area contributed by atoms with Crippen molar-refractivity contribution in [3.05, 3.63) is 108 Å². The van der Waals surface area contributed by atoms with Gasteiger partial charge in [0.25, 0.3) is 5.91 Å². The van der Waals surface area contributed by atoms with Gasteiger partial charge in [-0.3, -0.25) is 9.59 Å². The maximum absolute atomic E-state index is 15.0. The summed E-state index contributed by atoms with van der Waals surface area (Å²) in [5.41, 5.74) is 4.14. The predicted octanol–water partition coefficient (Wildman–Crippen LogP) is 6.08. The Bertz CT molecular complexity index is 1490. The Labute approximate surface area is 234 Å². The second-order valence-electron chi connectivity index (χ2n) is 10.0. The molecule has 0 saturated carbocycles. The molecule has 1 fully saturated rings. The summed E-state index contributed by atoms with van der Waals surface area (Å²) >= 11 is 0. The normalized spacial score (nSPS) is 14.2. The Hall–Kier alpha value is -4.39. The highest BCUT2D eigenvalue weighted by molar-refractivity contribution is 5.97. The number of piperazine rings is 1. The molecule has 206 valence electrons. The van der Waals surface area contributed by atoms with Crippen molar-refractivity contribution >= 4 is 11.8 Å². The lowest BCUT2D eigenvalue weighted by Gasteiger charge is -2.36. The van der Waals surface area contributed by atoms with Crippen LogP contribution >= 0.6 is 0 Å². The summed E-state index contributed by atoms with van der Waals surface area (Å²) in [5, 5.41) is 0. The van der Waals surface area contributed by atoms with Crippen molar-refractivity contribution in [3.63, 3.8) is 0 Å². The first-order chi connectivity index (χ1) is 19.4. The zero-order valence-electron chi connectivity index (χ0n) is 23.1. The Morgan fingerprint density at radius 2 is 1.50 bits per heavy atom. The first-order valence-corrected chi connectivity index (χ1v) is 13.7. The first kappa shape index (κ1) is 27.2. The Balaban J connectivity index is 1.40. The molecule has 1 aromatic heterocycles. The predicted molar refractivity (Wildman–Crippen MR) is 154 cm³/mol.